The van der Waals surface area contributed by atoms with E-state index in [2.05, 4.69) is 30.7 Å². The largest absolute Gasteiger partial charge is 0.455 e. The smallest absolute Gasteiger partial charge is 0.324 e. The number of H-pyrrole nitrogens is 1. The number of carbonyl (C=O) groups excluding carboxylic acids is 1. The Morgan fingerprint density at radius 1 is 1.15 bits per heavy atom. The molecular weight excluding hydrogens is 429 g/mol. The SMILES string of the molecule is Cn1nc(C(C)(C)C)cc1NC(=O)Nc1ccc(Oc2ccnc3[nH]c(=O)cnc23)cc1F. The number of ether oxygens (including phenoxy) is 1. The van der Waals surface area contributed by atoms with Gasteiger partial charge in [-0.2, -0.15) is 5.10 Å². The highest BCUT2D eigenvalue weighted by molar-refractivity contribution is 5.99. The Labute approximate surface area is 187 Å². The molecule has 0 bridgehead atoms. The number of carbonyl (C=O) groups is 1. The van der Waals surface area contributed by atoms with Gasteiger partial charge in [-0.25, -0.2) is 19.2 Å². The lowest BCUT2D eigenvalue weighted by Gasteiger charge is -2.13. The van der Waals surface area contributed by atoms with Gasteiger partial charge in [0.1, 0.15) is 22.9 Å². The van der Waals surface area contributed by atoms with Gasteiger partial charge in [0.05, 0.1) is 17.6 Å². The number of aromatic amines is 1. The topological polar surface area (TPSA) is 127 Å². The van der Waals surface area contributed by atoms with Crippen LogP contribution in [0.3, 0.4) is 0 Å². The number of aromatic nitrogens is 5. The Bertz CT molecular complexity index is 1410. The first-order chi connectivity index (χ1) is 15.6. The van der Waals surface area contributed by atoms with Crippen LogP contribution < -0.4 is 20.9 Å². The first-order valence-electron chi connectivity index (χ1n) is 10.0. The van der Waals surface area contributed by atoms with Crippen molar-refractivity contribution in [3.63, 3.8) is 0 Å². The number of hydrogen-bond donors (Lipinski definition) is 3. The Morgan fingerprint density at radius 2 is 1.94 bits per heavy atom. The highest BCUT2D eigenvalue weighted by atomic mass is 19.1. The van der Waals surface area contributed by atoms with Crippen molar-refractivity contribution in [1.82, 2.24) is 24.7 Å². The van der Waals surface area contributed by atoms with Gasteiger partial charge in [-0.05, 0) is 12.1 Å². The van der Waals surface area contributed by atoms with Crippen molar-refractivity contribution in [2.75, 3.05) is 10.6 Å². The third-order valence-corrected chi connectivity index (χ3v) is 4.75. The lowest BCUT2D eigenvalue weighted by Crippen LogP contribution is -2.21. The molecule has 0 fully saturated rings. The summed E-state index contributed by atoms with van der Waals surface area (Å²) >= 11 is 0. The molecule has 3 heterocycles. The number of urea groups is 1. The van der Waals surface area contributed by atoms with Gasteiger partial charge in [0, 0.05) is 36.9 Å². The zero-order valence-corrected chi connectivity index (χ0v) is 18.4. The van der Waals surface area contributed by atoms with Crippen LogP contribution in [0.15, 0.2) is 47.5 Å². The number of pyridine rings is 1. The predicted octanol–water partition coefficient (Wildman–Crippen LogP) is 3.92. The van der Waals surface area contributed by atoms with E-state index in [1.54, 1.807) is 23.9 Å². The first-order valence-corrected chi connectivity index (χ1v) is 10.0. The van der Waals surface area contributed by atoms with Crippen LogP contribution in [-0.2, 0) is 12.5 Å². The second-order valence-corrected chi connectivity index (χ2v) is 8.37. The minimum Gasteiger partial charge on any atom is -0.455 e. The Balaban J connectivity index is 1.48. The van der Waals surface area contributed by atoms with Crippen molar-refractivity contribution < 1.29 is 13.9 Å². The van der Waals surface area contributed by atoms with Gasteiger partial charge >= 0.3 is 6.03 Å². The number of fused-ring (bicyclic) bond motifs is 1. The maximum Gasteiger partial charge on any atom is 0.324 e. The summed E-state index contributed by atoms with van der Waals surface area (Å²) in [5.41, 5.74) is 0.786. The second-order valence-electron chi connectivity index (χ2n) is 8.37. The number of anilines is 2. The highest BCUT2D eigenvalue weighted by Gasteiger charge is 2.20. The van der Waals surface area contributed by atoms with Crippen LogP contribution in [0.25, 0.3) is 11.2 Å². The van der Waals surface area contributed by atoms with E-state index in [9.17, 15) is 14.0 Å². The van der Waals surface area contributed by atoms with Gasteiger partial charge in [0.2, 0.25) is 0 Å². The molecule has 4 aromatic rings. The average Bonchev–Trinajstić information content (AvgIpc) is 3.10. The molecule has 2 amide bonds. The van der Waals surface area contributed by atoms with Crippen molar-refractivity contribution in [3.05, 3.63) is 64.6 Å². The standard InChI is InChI=1S/C22H22FN7O3/c1-22(2,3)16-10-17(30(4)29-16)27-21(32)26-14-6-5-12(9-13(14)23)33-15-7-8-24-20-19(15)25-11-18(31)28-20/h5-11H,1-4H3,(H,24,28,31)(H2,26,27,32). The van der Waals surface area contributed by atoms with Crippen LogP contribution in [-0.4, -0.2) is 30.8 Å². The third-order valence-electron chi connectivity index (χ3n) is 4.75. The summed E-state index contributed by atoms with van der Waals surface area (Å²) in [6, 6.07) is 6.72. The van der Waals surface area contributed by atoms with Crippen LogP contribution in [0.2, 0.25) is 0 Å². The number of benzene rings is 1. The molecule has 4 rings (SSSR count). The first kappa shape index (κ1) is 21.9. The van der Waals surface area contributed by atoms with E-state index >= 15 is 0 Å². The summed E-state index contributed by atoms with van der Waals surface area (Å²) in [4.78, 5) is 34.4. The molecule has 10 nitrogen and oxygen atoms in total. The number of rotatable bonds is 4. The van der Waals surface area contributed by atoms with E-state index in [-0.39, 0.29) is 22.5 Å². The molecule has 0 saturated heterocycles. The highest BCUT2D eigenvalue weighted by Crippen LogP contribution is 2.29. The quantitative estimate of drug-likeness (QED) is 0.432. The van der Waals surface area contributed by atoms with Crippen LogP contribution in [0.5, 0.6) is 11.5 Å². The molecule has 33 heavy (non-hydrogen) atoms. The van der Waals surface area contributed by atoms with Crippen LogP contribution >= 0.6 is 0 Å². The van der Waals surface area contributed by atoms with Gasteiger partial charge in [0.15, 0.2) is 11.4 Å². The van der Waals surface area contributed by atoms with Crippen molar-refractivity contribution in [1.29, 1.82) is 0 Å². The van der Waals surface area contributed by atoms with E-state index in [0.717, 1.165) is 18.0 Å². The molecule has 0 unspecified atom stereocenters. The summed E-state index contributed by atoms with van der Waals surface area (Å²) in [6.45, 7) is 6.05. The zero-order chi connectivity index (χ0) is 23.8. The van der Waals surface area contributed by atoms with Gasteiger partial charge in [0.25, 0.3) is 5.56 Å². The maximum atomic E-state index is 14.6. The Hall–Kier alpha value is -4.28. The number of aryl methyl sites for hydroxylation is 1. The maximum absolute atomic E-state index is 14.6. The Morgan fingerprint density at radius 3 is 2.64 bits per heavy atom. The molecule has 0 aliphatic heterocycles. The van der Waals surface area contributed by atoms with Crippen LogP contribution in [0.1, 0.15) is 26.5 Å². The third kappa shape index (κ3) is 4.81. The summed E-state index contributed by atoms with van der Waals surface area (Å²) in [7, 11) is 1.71. The fourth-order valence-electron chi connectivity index (χ4n) is 3.02. The molecule has 170 valence electrons. The number of hydrogen-bond acceptors (Lipinski definition) is 6. The van der Waals surface area contributed by atoms with Crippen molar-refractivity contribution in [3.8, 4) is 11.5 Å². The van der Waals surface area contributed by atoms with Gasteiger partial charge in [-0.1, -0.05) is 20.8 Å². The molecule has 3 N–H and O–H groups in total. The monoisotopic (exact) mass is 451 g/mol. The fourth-order valence-corrected chi connectivity index (χ4v) is 3.02. The van der Waals surface area contributed by atoms with E-state index in [1.165, 1.54) is 18.3 Å². The van der Waals surface area contributed by atoms with E-state index in [4.69, 9.17) is 4.74 Å². The molecule has 11 heteroatoms. The van der Waals surface area contributed by atoms with Crippen LogP contribution in [0, 0.1) is 5.82 Å². The van der Waals surface area contributed by atoms with E-state index in [0.29, 0.717) is 17.1 Å². The number of halogens is 1. The summed E-state index contributed by atoms with van der Waals surface area (Å²) in [5, 5.41) is 9.53. The summed E-state index contributed by atoms with van der Waals surface area (Å²) in [6.07, 6.45) is 2.55. The lowest BCUT2D eigenvalue weighted by atomic mass is 9.92. The average molecular weight is 451 g/mol. The molecule has 0 aliphatic rings. The van der Waals surface area contributed by atoms with Gasteiger partial charge in [-0.15, -0.1) is 0 Å². The zero-order valence-electron chi connectivity index (χ0n) is 18.4. The minimum absolute atomic E-state index is 0.0277. The molecule has 0 aliphatic carbocycles. The summed E-state index contributed by atoms with van der Waals surface area (Å²) < 4.78 is 21.9. The summed E-state index contributed by atoms with van der Waals surface area (Å²) in [5.74, 6) is 0.260. The second kappa shape index (κ2) is 8.34. The fraction of sp³-hybridized carbons (Fsp3) is 0.227. The molecular formula is C22H22FN7O3. The van der Waals surface area contributed by atoms with E-state index in [1.807, 2.05) is 20.8 Å². The molecule has 0 atom stereocenters. The van der Waals surface area contributed by atoms with Crippen LogP contribution in [0.4, 0.5) is 20.7 Å². The van der Waals surface area contributed by atoms with Crippen molar-refractivity contribution in [2.45, 2.75) is 26.2 Å². The number of amides is 2. The predicted molar refractivity (Wildman–Crippen MR) is 121 cm³/mol. The van der Waals surface area contributed by atoms with Gasteiger partial charge < -0.3 is 15.0 Å². The molecule has 0 saturated carbocycles. The lowest BCUT2D eigenvalue weighted by molar-refractivity contribution is 0.262. The van der Waals surface area contributed by atoms with E-state index < -0.39 is 17.4 Å². The molecule has 0 radical (unpaired) electrons. The molecule has 1 aromatic carbocycles. The minimum atomic E-state index is -0.692. The van der Waals surface area contributed by atoms with Gasteiger partial charge in [-0.3, -0.25) is 14.8 Å². The number of nitrogens with one attached hydrogen (secondary N) is 3. The number of nitrogens with zero attached hydrogens (tertiary/aromatic N) is 4. The molecule has 3 aromatic heterocycles. The van der Waals surface area contributed by atoms with Crippen molar-refractivity contribution >= 4 is 28.7 Å². The Kier molecular flexibility index (Phi) is 5.54. The molecule has 0 spiro atoms. The van der Waals surface area contributed by atoms with Crippen molar-refractivity contribution in [2.24, 2.45) is 7.05 Å². The normalized spacial score (nSPS) is 11.4.